The van der Waals surface area contributed by atoms with Crippen LogP contribution in [0.2, 0.25) is 5.02 Å². The smallest absolute Gasteiger partial charge is 0.301 e. The van der Waals surface area contributed by atoms with Crippen LogP contribution < -0.4 is 9.64 Å². The first-order chi connectivity index (χ1) is 24.0. The van der Waals surface area contributed by atoms with Gasteiger partial charge < -0.3 is 19.0 Å². The molecule has 0 saturated heterocycles. The first-order valence-electron chi connectivity index (χ1n) is 16.7. The fraction of sp³-hybridized carbons (Fsp3) is 0.351. The van der Waals surface area contributed by atoms with Crippen molar-refractivity contribution in [2.75, 3.05) is 43.4 Å². The number of halogens is 1. The van der Waals surface area contributed by atoms with Crippen molar-refractivity contribution in [1.29, 1.82) is 0 Å². The zero-order valence-corrected chi connectivity index (χ0v) is 31.2. The SMILES string of the molecule is CCC(=Cc1oc2ccc(-c3ccccc3)cc2c1CCS(=O)(=O)O)C=C1Oc2ccc(Cl)cc2N1CCCOS(=O)O.CCN(CC)CC. The Hall–Kier alpha value is -3.49. The number of ether oxygens (including phenoxy) is 1. The fourth-order valence-electron chi connectivity index (χ4n) is 5.59. The number of benzene rings is 3. The Balaban J connectivity index is 0.000000727. The summed E-state index contributed by atoms with van der Waals surface area (Å²) < 4.78 is 70.0. The predicted molar refractivity (Wildman–Crippen MR) is 202 cm³/mol. The molecule has 2 N–H and O–H groups in total. The minimum atomic E-state index is -4.22. The third kappa shape index (κ3) is 11.0. The number of anilines is 1. The van der Waals surface area contributed by atoms with E-state index in [-0.39, 0.29) is 13.0 Å². The number of hydrogen-bond acceptors (Lipinski definition) is 8. The monoisotopic (exact) mass is 744 g/mol. The molecule has 0 amide bonds. The molecule has 1 aliphatic heterocycles. The lowest BCUT2D eigenvalue weighted by atomic mass is 10.0. The van der Waals surface area contributed by atoms with Gasteiger partial charge in [0.1, 0.15) is 11.3 Å². The van der Waals surface area contributed by atoms with Gasteiger partial charge in [-0.25, -0.2) is 0 Å². The summed E-state index contributed by atoms with van der Waals surface area (Å²) in [5, 5.41) is 1.30. The van der Waals surface area contributed by atoms with Crippen LogP contribution in [0, 0.1) is 0 Å². The third-order valence-corrected chi connectivity index (χ3v) is 9.64. The van der Waals surface area contributed by atoms with Crippen molar-refractivity contribution >= 4 is 55.8 Å². The van der Waals surface area contributed by atoms with Crippen molar-refractivity contribution in [2.45, 2.75) is 47.0 Å². The molecule has 0 fully saturated rings. The molecule has 0 bridgehead atoms. The van der Waals surface area contributed by atoms with Gasteiger partial charge in [-0.2, -0.15) is 12.6 Å². The highest BCUT2D eigenvalue weighted by atomic mass is 35.5. The van der Waals surface area contributed by atoms with Gasteiger partial charge in [0, 0.05) is 28.6 Å². The number of nitrogens with zero attached hydrogens (tertiary/aromatic N) is 2. The largest absolute Gasteiger partial charge is 0.456 e. The maximum absolute atomic E-state index is 11.7. The molecule has 13 heteroatoms. The van der Waals surface area contributed by atoms with Gasteiger partial charge in [-0.05, 0) is 92.0 Å². The Morgan fingerprint density at radius 3 is 2.34 bits per heavy atom. The maximum Gasteiger partial charge on any atom is 0.301 e. The second-order valence-corrected chi connectivity index (χ2v) is 14.2. The van der Waals surface area contributed by atoms with Crippen LogP contribution >= 0.6 is 11.6 Å². The minimum absolute atomic E-state index is 0.0578. The molecular weight excluding hydrogens is 700 g/mol. The van der Waals surface area contributed by atoms with Crippen molar-refractivity contribution in [1.82, 2.24) is 4.90 Å². The number of fused-ring (bicyclic) bond motifs is 2. The highest BCUT2D eigenvalue weighted by molar-refractivity contribution is 7.85. The number of hydrogen-bond donors (Lipinski definition) is 2. The van der Waals surface area contributed by atoms with Gasteiger partial charge in [0.05, 0.1) is 18.0 Å². The summed E-state index contributed by atoms with van der Waals surface area (Å²) in [4.78, 5) is 4.29. The molecule has 5 rings (SSSR count). The molecule has 0 saturated carbocycles. The molecule has 50 heavy (non-hydrogen) atoms. The van der Waals surface area contributed by atoms with Crippen LogP contribution in [-0.2, 0) is 32.1 Å². The lowest BCUT2D eigenvalue weighted by Gasteiger charge is -2.18. The predicted octanol–water partition coefficient (Wildman–Crippen LogP) is 8.61. The second-order valence-electron chi connectivity index (χ2n) is 11.5. The van der Waals surface area contributed by atoms with E-state index in [0.717, 1.165) is 27.8 Å². The van der Waals surface area contributed by atoms with Crippen molar-refractivity contribution in [3.63, 3.8) is 0 Å². The second kappa shape index (κ2) is 18.7. The third-order valence-electron chi connectivity index (χ3n) is 8.32. The molecule has 3 aromatic carbocycles. The minimum Gasteiger partial charge on any atom is -0.456 e. The van der Waals surface area contributed by atoms with Crippen LogP contribution in [0.3, 0.4) is 0 Å². The van der Waals surface area contributed by atoms with E-state index in [1.165, 1.54) is 19.6 Å². The Morgan fingerprint density at radius 2 is 1.72 bits per heavy atom. The van der Waals surface area contributed by atoms with Crippen LogP contribution in [0.1, 0.15) is 51.9 Å². The molecule has 0 spiro atoms. The average Bonchev–Trinajstić information content (AvgIpc) is 3.62. The van der Waals surface area contributed by atoms with Gasteiger partial charge >= 0.3 is 11.4 Å². The van der Waals surface area contributed by atoms with E-state index in [1.807, 2.05) is 72.5 Å². The molecule has 0 radical (unpaired) electrons. The van der Waals surface area contributed by atoms with Crippen LogP contribution in [0.15, 0.2) is 88.7 Å². The molecule has 4 aromatic rings. The molecular formula is C37H45ClN2O8S2. The van der Waals surface area contributed by atoms with E-state index in [9.17, 15) is 17.2 Å². The number of allylic oxidation sites excluding steroid dienone is 2. The molecule has 1 atom stereocenters. The zero-order valence-electron chi connectivity index (χ0n) is 28.8. The summed E-state index contributed by atoms with van der Waals surface area (Å²) in [6.07, 6.45) is 4.81. The molecule has 1 unspecified atom stereocenters. The van der Waals surface area contributed by atoms with Crippen LogP contribution in [0.4, 0.5) is 5.69 Å². The van der Waals surface area contributed by atoms with Gasteiger partial charge in [0.15, 0.2) is 5.75 Å². The van der Waals surface area contributed by atoms with E-state index < -0.39 is 27.2 Å². The topological polar surface area (TPSA) is 130 Å². The normalized spacial score (nSPS) is 14.5. The molecule has 2 heterocycles. The van der Waals surface area contributed by atoms with Crippen LogP contribution in [0.5, 0.6) is 5.75 Å². The van der Waals surface area contributed by atoms with Crippen molar-refractivity contribution in [2.24, 2.45) is 0 Å². The first kappa shape index (κ1) is 39.3. The summed E-state index contributed by atoms with van der Waals surface area (Å²) in [5.74, 6) is 1.18. The van der Waals surface area contributed by atoms with Gasteiger partial charge in [-0.1, -0.05) is 75.7 Å². The Labute approximate surface area is 302 Å². The number of rotatable bonds is 15. The van der Waals surface area contributed by atoms with E-state index in [2.05, 4.69) is 25.7 Å². The number of aryl methyl sites for hydroxylation is 1. The van der Waals surface area contributed by atoms with E-state index in [1.54, 1.807) is 18.2 Å². The van der Waals surface area contributed by atoms with E-state index in [0.29, 0.717) is 52.9 Å². The Kier molecular flexibility index (Phi) is 14.7. The van der Waals surface area contributed by atoms with Crippen molar-refractivity contribution in [3.05, 3.63) is 101 Å². The highest BCUT2D eigenvalue weighted by Gasteiger charge is 2.27. The summed E-state index contributed by atoms with van der Waals surface area (Å²) in [5.41, 5.74) is 4.82. The first-order valence-corrected chi connectivity index (χ1v) is 19.7. The molecule has 1 aromatic heterocycles. The van der Waals surface area contributed by atoms with Gasteiger partial charge in [-0.15, -0.1) is 0 Å². The highest BCUT2D eigenvalue weighted by Crippen LogP contribution is 2.41. The number of furan rings is 1. The lowest BCUT2D eigenvalue weighted by Crippen LogP contribution is -2.23. The molecule has 270 valence electrons. The van der Waals surface area contributed by atoms with Gasteiger partial charge in [0.25, 0.3) is 10.1 Å². The summed E-state index contributed by atoms with van der Waals surface area (Å²) in [6, 6.07) is 20.9. The molecule has 1 aliphatic rings. The van der Waals surface area contributed by atoms with Crippen molar-refractivity contribution < 1.29 is 35.1 Å². The van der Waals surface area contributed by atoms with Crippen molar-refractivity contribution in [3.8, 4) is 16.9 Å². The average molecular weight is 745 g/mol. The van der Waals surface area contributed by atoms with E-state index >= 15 is 0 Å². The Morgan fingerprint density at radius 1 is 1.00 bits per heavy atom. The summed E-state index contributed by atoms with van der Waals surface area (Å²) in [7, 11) is -4.22. The lowest BCUT2D eigenvalue weighted by molar-refractivity contribution is 0.302. The zero-order chi connectivity index (χ0) is 36.3. The van der Waals surface area contributed by atoms with Gasteiger partial charge in [-0.3, -0.25) is 13.3 Å². The fourth-order valence-corrected chi connectivity index (χ4v) is 6.48. The standard InChI is InChI=1S/C31H30ClNO8S2.C6H15N/c1-2-21(18-31-33(14-6-15-39-42(34)35)27-20-24(32)10-12-29(27)41-31)17-30-25(13-16-43(36,37)38)26-19-23(9-11-28(26)40-30)22-7-4-3-5-8-22;1-4-7(5-2)6-3/h3-5,7-12,17-20H,2,6,13-16H2,1H3,(H,34,35)(H,36,37,38);4-6H2,1-3H3. The molecule has 10 nitrogen and oxygen atoms in total. The quantitative estimate of drug-likeness (QED) is 0.0693. The summed E-state index contributed by atoms with van der Waals surface area (Å²) >= 11 is 3.92. The van der Waals surface area contributed by atoms with Crippen LogP contribution in [-0.4, -0.2) is 65.2 Å². The van der Waals surface area contributed by atoms with Gasteiger partial charge in [0.2, 0.25) is 5.88 Å². The van der Waals surface area contributed by atoms with Crippen LogP contribution in [0.25, 0.3) is 28.2 Å². The summed E-state index contributed by atoms with van der Waals surface area (Å²) in [6.45, 7) is 12.6. The maximum atomic E-state index is 11.7. The van der Waals surface area contributed by atoms with E-state index in [4.69, 9.17) is 29.5 Å². The Bertz CT molecular complexity index is 1920. The molecule has 0 aliphatic carbocycles.